The second kappa shape index (κ2) is 11.9. The van der Waals surface area contributed by atoms with E-state index < -0.39 is 0 Å². The summed E-state index contributed by atoms with van der Waals surface area (Å²) in [4.78, 5) is 23.8. The first kappa shape index (κ1) is 26.9. The molecule has 0 unspecified atom stereocenters. The minimum absolute atomic E-state index is 0. The highest BCUT2D eigenvalue weighted by atomic mass is 35.5. The van der Waals surface area contributed by atoms with E-state index in [4.69, 9.17) is 15.9 Å². The Kier molecular flexibility index (Phi) is 8.43. The van der Waals surface area contributed by atoms with Crippen molar-refractivity contribution in [3.8, 4) is 5.75 Å². The number of likely N-dealkylation sites (tertiary alicyclic amines) is 1. The lowest BCUT2D eigenvalue weighted by molar-refractivity contribution is 0.0792. The van der Waals surface area contributed by atoms with Gasteiger partial charge in [0.25, 0.3) is 5.91 Å². The highest BCUT2D eigenvalue weighted by Crippen LogP contribution is 2.27. The Morgan fingerprint density at radius 3 is 2.58 bits per heavy atom. The molecule has 1 saturated heterocycles. The maximum absolute atomic E-state index is 13.0. The van der Waals surface area contributed by atoms with Gasteiger partial charge in [-0.2, -0.15) is 0 Å². The van der Waals surface area contributed by atoms with Crippen molar-refractivity contribution in [3.05, 3.63) is 94.8 Å². The van der Waals surface area contributed by atoms with Gasteiger partial charge < -0.3 is 20.7 Å². The number of nitrogens with zero attached hydrogens (tertiary/aromatic N) is 3. The van der Waals surface area contributed by atoms with E-state index in [1.807, 2.05) is 66.4 Å². The lowest BCUT2D eigenvalue weighted by Gasteiger charge is -2.18. The van der Waals surface area contributed by atoms with Crippen LogP contribution in [0, 0.1) is 12.3 Å². The van der Waals surface area contributed by atoms with E-state index in [1.54, 1.807) is 6.07 Å². The molecule has 3 aromatic carbocycles. The van der Waals surface area contributed by atoms with Crippen LogP contribution < -0.4 is 15.8 Å². The van der Waals surface area contributed by atoms with Gasteiger partial charge in [-0.3, -0.25) is 10.2 Å². The summed E-state index contributed by atoms with van der Waals surface area (Å²) in [7, 11) is 0. The SMILES string of the molecule is Cc1cc2c(NCc3cc(C(=N)N)ccc3OCc3ccccc3)ncnc2cc1C(=O)N1CCCC1.Cl. The van der Waals surface area contributed by atoms with Crippen molar-refractivity contribution in [2.75, 3.05) is 18.4 Å². The number of nitrogen functional groups attached to an aromatic ring is 1. The summed E-state index contributed by atoms with van der Waals surface area (Å²) in [6.45, 7) is 4.40. The van der Waals surface area contributed by atoms with E-state index in [9.17, 15) is 4.79 Å². The van der Waals surface area contributed by atoms with Crippen molar-refractivity contribution in [2.45, 2.75) is 32.9 Å². The number of halogens is 1. The summed E-state index contributed by atoms with van der Waals surface area (Å²) in [6, 6.07) is 19.3. The average Bonchev–Trinajstić information content (AvgIpc) is 3.46. The van der Waals surface area contributed by atoms with Gasteiger partial charge in [0.2, 0.25) is 0 Å². The molecule has 0 aliphatic carbocycles. The molecule has 5 rings (SSSR count). The minimum atomic E-state index is -0.00540. The molecule has 2 heterocycles. The number of aryl methyl sites for hydroxylation is 1. The zero-order chi connectivity index (χ0) is 25.8. The quantitative estimate of drug-likeness (QED) is 0.216. The van der Waals surface area contributed by atoms with Gasteiger partial charge in [-0.25, -0.2) is 9.97 Å². The van der Waals surface area contributed by atoms with Crippen LogP contribution in [0.2, 0.25) is 0 Å². The normalized spacial score (nSPS) is 12.7. The second-order valence-electron chi connectivity index (χ2n) is 9.27. The number of aromatic nitrogens is 2. The maximum atomic E-state index is 13.0. The molecule has 9 heteroatoms. The molecule has 4 aromatic rings. The van der Waals surface area contributed by atoms with E-state index >= 15 is 0 Å². The number of carbonyl (C=O) groups is 1. The minimum Gasteiger partial charge on any atom is -0.489 e. The zero-order valence-electron chi connectivity index (χ0n) is 21.2. The molecule has 0 atom stereocenters. The van der Waals surface area contributed by atoms with Crippen molar-refractivity contribution in [3.63, 3.8) is 0 Å². The number of nitrogens with one attached hydrogen (secondary N) is 2. The Balaban J connectivity index is 0.00000336. The van der Waals surface area contributed by atoms with Crippen LogP contribution in [-0.2, 0) is 13.2 Å². The molecule has 1 aliphatic rings. The van der Waals surface area contributed by atoms with E-state index in [1.165, 1.54) is 6.33 Å². The molecular weight excluding hydrogens is 500 g/mol. The summed E-state index contributed by atoms with van der Waals surface area (Å²) in [6.07, 6.45) is 3.61. The number of amidine groups is 1. The molecule has 1 aliphatic heterocycles. The summed E-state index contributed by atoms with van der Waals surface area (Å²) in [5.41, 5.74) is 10.6. The van der Waals surface area contributed by atoms with Crippen LogP contribution in [0.3, 0.4) is 0 Å². The molecule has 0 saturated carbocycles. The van der Waals surface area contributed by atoms with E-state index in [2.05, 4.69) is 15.3 Å². The van der Waals surface area contributed by atoms with Crippen LogP contribution in [0.4, 0.5) is 5.82 Å². The van der Waals surface area contributed by atoms with Crippen molar-refractivity contribution < 1.29 is 9.53 Å². The topological polar surface area (TPSA) is 117 Å². The second-order valence-corrected chi connectivity index (χ2v) is 9.27. The van der Waals surface area contributed by atoms with Crippen LogP contribution in [-0.4, -0.2) is 39.7 Å². The number of amides is 1. The van der Waals surface area contributed by atoms with Crippen LogP contribution >= 0.6 is 12.4 Å². The van der Waals surface area contributed by atoms with Crippen LogP contribution in [0.25, 0.3) is 10.9 Å². The summed E-state index contributed by atoms with van der Waals surface area (Å²) in [5, 5.41) is 12.1. The Labute approximate surface area is 228 Å². The standard InChI is InChI=1S/C29H30N6O2.ClH/c1-19-13-24-25(15-23(19)29(36)35-11-5-6-12-35)33-18-34-28(24)32-16-22-14-21(27(30)31)9-10-26(22)37-17-20-7-3-2-4-8-20;/h2-4,7-10,13-15,18H,5-6,11-12,16-17H2,1H3,(H3,30,31)(H,32,33,34);1H. The first-order valence-electron chi connectivity index (χ1n) is 12.4. The van der Waals surface area contributed by atoms with Gasteiger partial charge in [-0.05, 0) is 61.2 Å². The number of benzene rings is 3. The zero-order valence-corrected chi connectivity index (χ0v) is 22.1. The van der Waals surface area contributed by atoms with Gasteiger partial charge in [-0.15, -0.1) is 12.4 Å². The third-order valence-electron chi connectivity index (χ3n) is 6.66. The third kappa shape index (κ3) is 5.86. The van der Waals surface area contributed by atoms with Gasteiger partial charge in [0, 0.05) is 41.7 Å². The van der Waals surface area contributed by atoms with Crippen molar-refractivity contribution in [1.29, 1.82) is 5.41 Å². The van der Waals surface area contributed by atoms with Crippen molar-refractivity contribution in [2.24, 2.45) is 5.73 Å². The molecule has 196 valence electrons. The Hall–Kier alpha value is -4.17. The van der Waals surface area contributed by atoms with E-state index in [0.717, 1.165) is 48.0 Å². The number of fused-ring (bicyclic) bond motifs is 1. The number of rotatable bonds is 8. The molecule has 1 amide bonds. The number of nitrogens with two attached hydrogens (primary N) is 1. The van der Waals surface area contributed by atoms with E-state index in [0.29, 0.717) is 41.4 Å². The summed E-state index contributed by atoms with van der Waals surface area (Å²) >= 11 is 0. The number of ether oxygens (including phenoxy) is 1. The predicted molar refractivity (Wildman–Crippen MR) is 152 cm³/mol. The molecule has 8 nitrogen and oxygen atoms in total. The van der Waals surface area contributed by atoms with Crippen LogP contribution in [0.5, 0.6) is 5.75 Å². The van der Waals surface area contributed by atoms with Crippen molar-refractivity contribution >= 4 is 40.9 Å². The average molecular weight is 531 g/mol. The van der Waals surface area contributed by atoms with E-state index in [-0.39, 0.29) is 24.1 Å². The third-order valence-corrected chi connectivity index (χ3v) is 6.66. The predicted octanol–water partition coefficient (Wildman–Crippen LogP) is 5.07. The van der Waals surface area contributed by atoms with Gasteiger partial charge >= 0.3 is 0 Å². The monoisotopic (exact) mass is 530 g/mol. The molecule has 4 N–H and O–H groups in total. The fraction of sp³-hybridized carbons (Fsp3) is 0.241. The molecule has 1 aromatic heterocycles. The molecule has 0 spiro atoms. The van der Waals surface area contributed by atoms with Crippen LogP contribution in [0.15, 0.2) is 67.0 Å². The maximum Gasteiger partial charge on any atom is 0.254 e. The first-order chi connectivity index (χ1) is 18.0. The molecular formula is C29H31ClN6O2. The van der Waals surface area contributed by atoms with Gasteiger partial charge in [0.05, 0.1) is 5.52 Å². The van der Waals surface area contributed by atoms with Gasteiger partial charge in [-0.1, -0.05) is 30.3 Å². The van der Waals surface area contributed by atoms with Gasteiger partial charge in [0.1, 0.15) is 30.3 Å². The number of anilines is 1. The Bertz CT molecular complexity index is 1450. The summed E-state index contributed by atoms with van der Waals surface area (Å²) in [5.74, 6) is 1.42. The highest BCUT2D eigenvalue weighted by Gasteiger charge is 2.22. The lowest BCUT2D eigenvalue weighted by atomic mass is 10.0. The fourth-order valence-electron chi connectivity index (χ4n) is 4.61. The first-order valence-corrected chi connectivity index (χ1v) is 12.4. The number of carbonyl (C=O) groups excluding carboxylic acids is 1. The Morgan fingerprint density at radius 1 is 1.08 bits per heavy atom. The Morgan fingerprint density at radius 2 is 1.84 bits per heavy atom. The largest absolute Gasteiger partial charge is 0.489 e. The van der Waals surface area contributed by atoms with Crippen molar-refractivity contribution in [1.82, 2.24) is 14.9 Å². The van der Waals surface area contributed by atoms with Gasteiger partial charge in [0.15, 0.2) is 0 Å². The highest BCUT2D eigenvalue weighted by molar-refractivity contribution is 6.01. The fourth-order valence-corrected chi connectivity index (χ4v) is 4.61. The number of hydrogen-bond acceptors (Lipinski definition) is 6. The molecule has 1 fully saturated rings. The summed E-state index contributed by atoms with van der Waals surface area (Å²) < 4.78 is 6.12. The molecule has 0 bridgehead atoms. The molecule has 0 radical (unpaired) electrons. The smallest absolute Gasteiger partial charge is 0.254 e. The number of hydrogen-bond donors (Lipinski definition) is 3. The lowest BCUT2D eigenvalue weighted by Crippen LogP contribution is -2.28. The molecule has 38 heavy (non-hydrogen) atoms. The van der Waals surface area contributed by atoms with Crippen LogP contribution in [0.1, 0.15) is 45.5 Å².